The van der Waals surface area contributed by atoms with Gasteiger partial charge in [-0.3, -0.25) is 4.79 Å². The number of anilines is 1. The SMILES string of the molecule is CCc1cccc(OCC(=O)Nc2ccc(OC)c(OC)c2)c1. The summed E-state index contributed by atoms with van der Waals surface area (Å²) < 4.78 is 15.9. The van der Waals surface area contributed by atoms with E-state index in [2.05, 4.69) is 12.2 Å². The van der Waals surface area contributed by atoms with Gasteiger partial charge in [0.1, 0.15) is 5.75 Å². The van der Waals surface area contributed by atoms with Crippen LogP contribution in [0.3, 0.4) is 0 Å². The zero-order chi connectivity index (χ0) is 16.7. The maximum Gasteiger partial charge on any atom is 0.262 e. The Labute approximate surface area is 136 Å². The minimum Gasteiger partial charge on any atom is -0.493 e. The van der Waals surface area contributed by atoms with Gasteiger partial charge in [0.05, 0.1) is 14.2 Å². The van der Waals surface area contributed by atoms with Crippen LogP contribution in [-0.4, -0.2) is 26.7 Å². The van der Waals surface area contributed by atoms with Crippen LogP contribution in [0.1, 0.15) is 12.5 Å². The van der Waals surface area contributed by atoms with Gasteiger partial charge >= 0.3 is 0 Å². The van der Waals surface area contributed by atoms with Gasteiger partial charge in [-0.25, -0.2) is 0 Å². The van der Waals surface area contributed by atoms with Crippen molar-refractivity contribution in [2.75, 3.05) is 26.1 Å². The molecule has 122 valence electrons. The highest BCUT2D eigenvalue weighted by molar-refractivity contribution is 5.92. The summed E-state index contributed by atoms with van der Waals surface area (Å²) in [4.78, 5) is 12.0. The molecule has 2 aromatic carbocycles. The van der Waals surface area contributed by atoms with E-state index in [9.17, 15) is 4.79 Å². The number of carbonyl (C=O) groups excluding carboxylic acids is 1. The summed E-state index contributed by atoms with van der Waals surface area (Å²) in [6.07, 6.45) is 0.926. The third-order valence-corrected chi connectivity index (χ3v) is 3.34. The quantitative estimate of drug-likeness (QED) is 0.852. The first kappa shape index (κ1) is 16.7. The Morgan fingerprint density at radius 1 is 1.04 bits per heavy atom. The smallest absolute Gasteiger partial charge is 0.262 e. The molecule has 0 spiro atoms. The van der Waals surface area contributed by atoms with E-state index in [1.165, 1.54) is 5.56 Å². The Morgan fingerprint density at radius 3 is 2.52 bits per heavy atom. The van der Waals surface area contributed by atoms with Gasteiger partial charge in [-0.2, -0.15) is 0 Å². The van der Waals surface area contributed by atoms with E-state index in [0.717, 1.165) is 6.42 Å². The molecular formula is C18H21NO4. The Balaban J connectivity index is 1.94. The van der Waals surface area contributed by atoms with Crippen LogP contribution in [0.2, 0.25) is 0 Å². The second-order valence-electron chi connectivity index (χ2n) is 4.91. The lowest BCUT2D eigenvalue weighted by molar-refractivity contribution is -0.118. The van der Waals surface area contributed by atoms with Gasteiger partial charge in [0.2, 0.25) is 0 Å². The molecular weight excluding hydrogens is 294 g/mol. The number of hydrogen-bond donors (Lipinski definition) is 1. The summed E-state index contributed by atoms with van der Waals surface area (Å²) in [6.45, 7) is 2.02. The largest absolute Gasteiger partial charge is 0.493 e. The topological polar surface area (TPSA) is 56.8 Å². The van der Waals surface area contributed by atoms with Crippen LogP contribution in [0, 0.1) is 0 Å². The molecule has 0 unspecified atom stereocenters. The lowest BCUT2D eigenvalue weighted by Crippen LogP contribution is -2.20. The van der Waals surface area contributed by atoms with Gasteiger partial charge in [-0.15, -0.1) is 0 Å². The monoisotopic (exact) mass is 315 g/mol. The standard InChI is InChI=1S/C18H21NO4/c1-4-13-6-5-7-15(10-13)23-12-18(20)19-14-8-9-16(21-2)17(11-14)22-3/h5-11H,4,12H2,1-3H3,(H,19,20). The summed E-state index contributed by atoms with van der Waals surface area (Å²) in [5.74, 6) is 1.62. The molecule has 0 aromatic heterocycles. The van der Waals surface area contributed by atoms with Crippen LogP contribution in [0.5, 0.6) is 17.2 Å². The Bertz CT molecular complexity index is 670. The second kappa shape index (κ2) is 8.08. The van der Waals surface area contributed by atoms with Gasteiger partial charge in [0.25, 0.3) is 5.91 Å². The number of hydrogen-bond acceptors (Lipinski definition) is 4. The Morgan fingerprint density at radius 2 is 1.83 bits per heavy atom. The van der Waals surface area contributed by atoms with E-state index in [1.54, 1.807) is 32.4 Å². The second-order valence-corrected chi connectivity index (χ2v) is 4.91. The minimum atomic E-state index is -0.237. The molecule has 1 N–H and O–H groups in total. The number of carbonyl (C=O) groups is 1. The Kier molecular flexibility index (Phi) is 5.86. The molecule has 0 radical (unpaired) electrons. The van der Waals surface area contributed by atoms with Crippen molar-refractivity contribution >= 4 is 11.6 Å². The van der Waals surface area contributed by atoms with E-state index in [1.807, 2.05) is 24.3 Å². The van der Waals surface area contributed by atoms with E-state index in [-0.39, 0.29) is 12.5 Å². The lowest BCUT2D eigenvalue weighted by atomic mass is 10.2. The van der Waals surface area contributed by atoms with Crippen LogP contribution in [0.4, 0.5) is 5.69 Å². The fourth-order valence-corrected chi connectivity index (χ4v) is 2.12. The van der Waals surface area contributed by atoms with Gasteiger partial charge in [0.15, 0.2) is 18.1 Å². The molecule has 0 heterocycles. The third kappa shape index (κ3) is 4.64. The molecule has 5 heteroatoms. The van der Waals surface area contributed by atoms with E-state index in [4.69, 9.17) is 14.2 Å². The highest BCUT2D eigenvalue weighted by Crippen LogP contribution is 2.29. The minimum absolute atomic E-state index is 0.0541. The predicted molar refractivity (Wildman–Crippen MR) is 89.5 cm³/mol. The van der Waals surface area contributed by atoms with Crippen molar-refractivity contribution < 1.29 is 19.0 Å². The van der Waals surface area contributed by atoms with Crippen LogP contribution in [0.25, 0.3) is 0 Å². The van der Waals surface area contributed by atoms with E-state index in [0.29, 0.717) is 22.9 Å². The molecule has 0 aliphatic carbocycles. The third-order valence-electron chi connectivity index (χ3n) is 3.34. The molecule has 0 bridgehead atoms. The van der Waals surface area contributed by atoms with Crippen LogP contribution < -0.4 is 19.5 Å². The van der Waals surface area contributed by atoms with Crippen molar-refractivity contribution in [3.8, 4) is 17.2 Å². The molecule has 1 amide bonds. The van der Waals surface area contributed by atoms with E-state index < -0.39 is 0 Å². The average molecular weight is 315 g/mol. The molecule has 0 atom stereocenters. The molecule has 0 saturated carbocycles. The fourth-order valence-electron chi connectivity index (χ4n) is 2.12. The van der Waals surface area contributed by atoms with Crippen molar-refractivity contribution in [1.29, 1.82) is 0 Å². The average Bonchev–Trinajstić information content (AvgIpc) is 2.60. The number of ether oxygens (including phenoxy) is 3. The van der Waals surface area contributed by atoms with Gasteiger partial charge in [0, 0.05) is 11.8 Å². The molecule has 2 rings (SSSR count). The van der Waals surface area contributed by atoms with Crippen molar-refractivity contribution in [1.82, 2.24) is 0 Å². The molecule has 0 aliphatic heterocycles. The highest BCUT2D eigenvalue weighted by Gasteiger charge is 2.08. The van der Waals surface area contributed by atoms with E-state index >= 15 is 0 Å². The predicted octanol–water partition coefficient (Wildman–Crippen LogP) is 3.28. The van der Waals surface area contributed by atoms with Gasteiger partial charge in [-0.05, 0) is 36.2 Å². The summed E-state index contributed by atoms with van der Waals surface area (Å²) >= 11 is 0. The number of rotatable bonds is 7. The van der Waals surface area contributed by atoms with Crippen LogP contribution >= 0.6 is 0 Å². The van der Waals surface area contributed by atoms with Crippen LogP contribution in [0.15, 0.2) is 42.5 Å². The number of amides is 1. The van der Waals surface area contributed by atoms with Gasteiger partial charge < -0.3 is 19.5 Å². The first-order valence-corrected chi connectivity index (χ1v) is 7.40. The summed E-state index contributed by atoms with van der Waals surface area (Å²) in [5.41, 5.74) is 1.79. The summed E-state index contributed by atoms with van der Waals surface area (Å²) in [6, 6.07) is 12.9. The maximum atomic E-state index is 12.0. The van der Waals surface area contributed by atoms with Gasteiger partial charge in [-0.1, -0.05) is 19.1 Å². The lowest BCUT2D eigenvalue weighted by Gasteiger charge is -2.11. The zero-order valence-electron chi connectivity index (χ0n) is 13.6. The first-order chi connectivity index (χ1) is 11.2. The summed E-state index contributed by atoms with van der Waals surface area (Å²) in [5, 5.41) is 2.77. The molecule has 23 heavy (non-hydrogen) atoms. The van der Waals surface area contributed by atoms with Crippen molar-refractivity contribution in [3.63, 3.8) is 0 Å². The van der Waals surface area contributed by atoms with Crippen molar-refractivity contribution in [2.24, 2.45) is 0 Å². The number of methoxy groups -OCH3 is 2. The molecule has 2 aromatic rings. The van der Waals surface area contributed by atoms with Crippen molar-refractivity contribution in [2.45, 2.75) is 13.3 Å². The maximum absolute atomic E-state index is 12.0. The highest BCUT2D eigenvalue weighted by atomic mass is 16.5. The number of benzene rings is 2. The summed E-state index contributed by atoms with van der Waals surface area (Å²) in [7, 11) is 3.11. The zero-order valence-corrected chi connectivity index (χ0v) is 13.6. The molecule has 0 aliphatic rings. The number of nitrogens with one attached hydrogen (secondary N) is 1. The first-order valence-electron chi connectivity index (χ1n) is 7.40. The molecule has 0 fully saturated rings. The Hall–Kier alpha value is -2.69. The molecule has 0 saturated heterocycles. The molecule has 5 nitrogen and oxygen atoms in total. The fraction of sp³-hybridized carbons (Fsp3) is 0.278. The normalized spacial score (nSPS) is 10.0. The number of aryl methyl sites for hydroxylation is 1. The van der Waals surface area contributed by atoms with Crippen LogP contribution in [-0.2, 0) is 11.2 Å². The van der Waals surface area contributed by atoms with Crippen molar-refractivity contribution in [3.05, 3.63) is 48.0 Å².